The largest absolute Gasteiger partial charge is 0.294 e. The second-order valence-corrected chi connectivity index (χ2v) is 5.28. The van der Waals surface area contributed by atoms with Crippen molar-refractivity contribution in [2.45, 2.75) is 13.3 Å². The molecule has 18 heavy (non-hydrogen) atoms. The Hall–Kier alpha value is -1.19. The first-order valence-electron chi connectivity index (χ1n) is 5.46. The van der Waals surface area contributed by atoms with Crippen molar-refractivity contribution < 1.29 is 4.79 Å². The molecular weight excluding hydrogens is 314 g/mol. The van der Waals surface area contributed by atoms with Crippen molar-refractivity contribution in [3.05, 3.63) is 62.8 Å². The monoisotopic (exact) mass is 323 g/mol. The van der Waals surface area contributed by atoms with E-state index in [1.54, 1.807) is 24.4 Å². The topological polar surface area (TPSA) is 30.0 Å². The van der Waals surface area contributed by atoms with Crippen molar-refractivity contribution in [3.8, 4) is 0 Å². The lowest BCUT2D eigenvalue weighted by molar-refractivity contribution is 0.0991. The number of aromatic nitrogens is 1. The SMILES string of the molecule is Cc1cccnc1CC(=O)c1cc(Cl)ccc1Br. The predicted octanol–water partition coefficient (Wildman–Crippen LogP) is 4.23. The number of halogens is 2. The molecule has 0 atom stereocenters. The van der Waals surface area contributed by atoms with E-state index in [-0.39, 0.29) is 12.2 Å². The molecule has 2 aromatic rings. The summed E-state index contributed by atoms with van der Waals surface area (Å²) >= 11 is 9.27. The molecule has 1 aromatic carbocycles. The van der Waals surface area contributed by atoms with Crippen molar-refractivity contribution in [3.63, 3.8) is 0 Å². The Kier molecular flexibility index (Phi) is 4.15. The van der Waals surface area contributed by atoms with E-state index >= 15 is 0 Å². The maximum atomic E-state index is 12.2. The van der Waals surface area contributed by atoms with Crippen LogP contribution in [-0.2, 0) is 6.42 Å². The van der Waals surface area contributed by atoms with Crippen molar-refractivity contribution in [2.24, 2.45) is 0 Å². The van der Waals surface area contributed by atoms with Crippen LogP contribution in [0.15, 0.2) is 41.0 Å². The van der Waals surface area contributed by atoms with Gasteiger partial charge in [0.2, 0.25) is 0 Å². The fraction of sp³-hybridized carbons (Fsp3) is 0.143. The number of hydrogen-bond donors (Lipinski definition) is 0. The highest BCUT2D eigenvalue weighted by Crippen LogP contribution is 2.22. The molecule has 1 heterocycles. The first kappa shape index (κ1) is 13.2. The molecule has 0 bridgehead atoms. The number of benzene rings is 1. The first-order valence-corrected chi connectivity index (χ1v) is 6.64. The molecule has 0 aliphatic rings. The molecule has 92 valence electrons. The van der Waals surface area contributed by atoms with Crippen molar-refractivity contribution in [1.82, 2.24) is 4.98 Å². The van der Waals surface area contributed by atoms with Crippen LogP contribution in [0, 0.1) is 6.92 Å². The Morgan fingerprint density at radius 1 is 1.39 bits per heavy atom. The molecular formula is C14H11BrClNO. The van der Waals surface area contributed by atoms with Crippen molar-refractivity contribution >= 4 is 33.3 Å². The number of hydrogen-bond acceptors (Lipinski definition) is 2. The summed E-state index contributed by atoms with van der Waals surface area (Å²) in [5.74, 6) is 0.00572. The van der Waals surface area contributed by atoms with Crippen LogP contribution in [0.3, 0.4) is 0 Å². The molecule has 0 unspecified atom stereocenters. The molecule has 0 spiro atoms. The molecule has 2 rings (SSSR count). The van der Waals surface area contributed by atoms with Gasteiger partial charge < -0.3 is 0 Å². The van der Waals surface area contributed by atoms with Gasteiger partial charge in [0.15, 0.2) is 5.78 Å². The van der Waals surface area contributed by atoms with Crippen LogP contribution in [-0.4, -0.2) is 10.8 Å². The van der Waals surface area contributed by atoms with E-state index in [0.717, 1.165) is 15.7 Å². The Morgan fingerprint density at radius 2 is 2.17 bits per heavy atom. The third-order valence-electron chi connectivity index (χ3n) is 2.67. The normalized spacial score (nSPS) is 10.4. The number of carbonyl (C=O) groups excluding carboxylic acids is 1. The lowest BCUT2D eigenvalue weighted by atomic mass is 10.0. The van der Waals surface area contributed by atoms with E-state index in [4.69, 9.17) is 11.6 Å². The van der Waals surface area contributed by atoms with Crippen LogP contribution in [0.1, 0.15) is 21.6 Å². The van der Waals surface area contributed by atoms with Gasteiger partial charge in [0, 0.05) is 21.3 Å². The Balaban J connectivity index is 2.28. The summed E-state index contributed by atoms with van der Waals surface area (Å²) < 4.78 is 0.755. The molecule has 2 nitrogen and oxygen atoms in total. The van der Waals surface area contributed by atoms with Crippen LogP contribution in [0.4, 0.5) is 0 Å². The highest BCUT2D eigenvalue weighted by atomic mass is 79.9. The van der Waals surface area contributed by atoms with Crippen molar-refractivity contribution in [1.29, 1.82) is 0 Å². The summed E-state index contributed by atoms with van der Waals surface area (Å²) in [6.45, 7) is 1.95. The number of pyridine rings is 1. The lowest BCUT2D eigenvalue weighted by Crippen LogP contribution is -2.07. The minimum atomic E-state index is 0.00572. The van der Waals surface area contributed by atoms with E-state index in [1.807, 2.05) is 19.1 Å². The van der Waals surface area contributed by atoms with Crippen LogP contribution in [0.5, 0.6) is 0 Å². The summed E-state index contributed by atoms with van der Waals surface area (Å²) in [5, 5.41) is 0.555. The molecule has 1 aromatic heterocycles. The molecule has 0 radical (unpaired) electrons. The van der Waals surface area contributed by atoms with Crippen LogP contribution >= 0.6 is 27.5 Å². The molecule has 0 N–H and O–H groups in total. The minimum absolute atomic E-state index is 0.00572. The molecule has 4 heteroatoms. The highest BCUT2D eigenvalue weighted by molar-refractivity contribution is 9.10. The van der Waals surface area contributed by atoms with Gasteiger partial charge in [0.05, 0.1) is 12.1 Å². The predicted molar refractivity (Wildman–Crippen MR) is 76.2 cm³/mol. The number of aryl methyl sites for hydroxylation is 1. The number of rotatable bonds is 3. The zero-order valence-corrected chi connectivity index (χ0v) is 12.1. The van der Waals surface area contributed by atoms with Gasteiger partial charge in [-0.2, -0.15) is 0 Å². The second-order valence-electron chi connectivity index (χ2n) is 3.99. The Bertz CT molecular complexity index is 598. The fourth-order valence-electron chi connectivity index (χ4n) is 1.66. The molecule has 0 aliphatic carbocycles. The van der Waals surface area contributed by atoms with Crippen LogP contribution < -0.4 is 0 Å². The maximum Gasteiger partial charge on any atom is 0.170 e. The van der Waals surface area contributed by atoms with E-state index in [9.17, 15) is 4.79 Å². The number of carbonyl (C=O) groups is 1. The van der Waals surface area contributed by atoms with Gasteiger partial charge >= 0.3 is 0 Å². The smallest absolute Gasteiger partial charge is 0.170 e. The van der Waals surface area contributed by atoms with Gasteiger partial charge in [0.1, 0.15) is 0 Å². The maximum absolute atomic E-state index is 12.2. The zero-order valence-electron chi connectivity index (χ0n) is 9.78. The summed E-state index contributed by atoms with van der Waals surface area (Å²) in [6, 6.07) is 9.00. The third kappa shape index (κ3) is 2.98. The van der Waals surface area contributed by atoms with Gasteiger partial charge in [0.25, 0.3) is 0 Å². The first-order chi connectivity index (χ1) is 8.58. The Morgan fingerprint density at radius 3 is 2.89 bits per heavy atom. The van der Waals surface area contributed by atoms with Crippen molar-refractivity contribution in [2.75, 3.05) is 0 Å². The molecule has 0 saturated carbocycles. The molecule has 0 amide bonds. The highest BCUT2D eigenvalue weighted by Gasteiger charge is 2.13. The minimum Gasteiger partial charge on any atom is -0.294 e. The van der Waals surface area contributed by atoms with E-state index < -0.39 is 0 Å². The number of Topliss-reactive ketones (excluding diaryl/α,β-unsaturated/α-hetero) is 1. The van der Waals surface area contributed by atoms with Gasteiger partial charge in [-0.3, -0.25) is 9.78 Å². The Labute approximate surface area is 119 Å². The van der Waals surface area contributed by atoms with Crippen LogP contribution in [0.25, 0.3) is 0 Å². The summed E-state index contributed by atoms with van der Waals surface area (Å²) in [5.41, 5.74) is 2.41. The standard InChI is InChI=1S/C14H11BrClNO/c1-9-3-2-6-17-13(9)8-14(18)11-7-10(16)4-5-12(11)15/h2-7H,8H2,1H3. The number of ketones is 1. The van der Waals surface area contributed by atoms with Gasteiger partial charge in [-0.15, -0.1) is 0 Å². The van der Waals surface area contributed by atoms with Gasteiger partial charge in [-0.1, -0.05) is 33.6 Å². The fourth-order valence-corrected chi connectivity index (χ4v) is 2.30. The molecule has 0 aliphatic heterocycles. The summed E-state index contributed by atoms with van der Waals surface area (Å²) in [4.78, 5) is 16.4. The lowest BCUT2D eigenvalue weighted by Gasteiger charge is -2.06. The summed E-state index contributed by atoms with van der Waals surface area (Å²) in [6.07, 6.45) is 1.98. The quantitative estimate of drug-likeness (QED) is 0.791. The van der Waals surface area contributed by atoms with Crippen LogP contribution in [0.2, 0.25) is 5.02 Å². The number of nitrogens with zero attached hydrogens (tertiary/aromatic N) is 1. The molecule has 0 saturated heterocycles. The average Bonchev–Trinajstić information content (AvgIpc) is 2.35. The van der Waals surface area contributed by atoms with E-state index in [2.05, 4.69) is 20.9 Å². The average molecular weight is 325 g/mol. The second kappa shape index (κ2) is 5.63. The van der Waals surface area contributed by atoms with E-state index in [0.29, 0.717) is 10.6 Å². The van der Waals surface area contributed by atoms with Gasteiger partial charge in [-0.05, 0) is 36.8 Å². The van der Waals surface area contributed by atoms with Gasteiger partial charge in [-0.25, -0.2) is 0 Å². The third-order valence-corrected chi connectivity index (χ3v) is 3.60. The summed E-state index contributed by atoms with van der Waals surface area (Å²) in [7, 11) is 0. The zero-order chi connectivity index (χ0) is 13.1. The van der Waals surface area contributed by atoms with E-state index in [1.165, 1.54) is 0 Å². The molecule has 0 fully saturated rings.